The summed E-state index contributed by atoms with van der Waals surface area (Å²) in [5.74, 6) is 1.54. The zero-order chi connectivity index (χ0) is 38.2. The summed E-state index contributed by atoms with van der Waals surface area (Å²) in [5, 5.41) is 23.6. The summed E-state index contributed by atoms with van der Waals surface area (Å²) in [6.07, 6.45) is 4.04. The maximum atomic E-state index is 9.30. The molecule has 2 heterocycles. The maximum absolute atomic E-state index is 9.30. The average Bonchev–Trinajstić information content (AvgIpc) is 3.65. The topological polar surface area (TPSA) is 85.3 Å². The highest BCUT2D eigenvalue weighted by molar-refractivity contribution is 5.88. The van der Waals surface area contributed by atoms with Crippen molar-refractivity contribution in [3.63, 3.8) is 0 Å². The molecule has 272 valence electrons. The van der Waals surface area contributed by atoms with Gasteiger partial charge in [0.15, 0.2) is 0 Å². The van der Waals surface area contributed by atoms with Crippen LogP contribution in [0, 0.1) is 22.9 Å². The molecule has 0 unspecified atom stereocenters. The van der Waals surface area contributed by atoms with E-state index in [2.05, 4.69) is 198 Å². The second-order valence-electron chi connectivity index (χ2n) is 17.9. The van der Waals surface area contributed by atoms with Gasteiger partial charge in [-0.25, -0.2) is 0 Å². The number of hydrogen-bond acceptors (Lipinski definition) is 4. The van der Waals surface area contributed by atoms with E-state index in [1.165, 1.54) is 32.7 Å². The molecule has 0 aliphatic carbocycles. The Morgan fingerprint density at radius 3 is 1.10 bits per heavy atom. The fourth-order valence-corrected chi connectivity index (χ4v) is 7.55. The van der Waals surface area contributed by atoms with Crippen molar-refractivity contribution in [2.24, 2.45) is 9.98 Å². The number of aliphatic imine (C=N–C) groups is 2. The zero-order valence-electron chi connectivity index (χ0n) is 33.2. The van der Waals surface area contributed by atoms with Gasteiger partial charge < -0.3 is 19.6 Å². The van der Waals surface area contributed by atoms with Gasteiger partial charge in [0.05, 0.1) is 12.1 Å². The Balaban J connectivity index is 0.000000201. The normalized spacial score (nSPS) is 20.0. The Kier molecular flexibility index (Phi) is 10.4. The predicted molar refractivity (Wildman–Crippen MR) is 216 cm³/mol. The molecular formula is C44H56N8. The first-order chi connectivity index (χ1) is 24.3. The van der Waals surface area contributed by atoms with Crippen LogP contribution in [0.2, 0.25) is 0 Å². The van der Waals surface area contributed by atoms with Crippen LogP contribution in [0.5, 0.6) is 0 Å². The van der Waals surface area contributed by atoms with Crippen LogP contribution in [0.15, 0.2) is 94.9 Å². The molecule has 6 rings (SSSR count). The van der Waals surface area contributed by atoms with E-state index in [1.807, 2.05) is 12.4 Å². The predicted octanol–water partition coefficient (Wildman–Crippen LogP) is 9.87. The third kappa shape index (κ3) is 7.87. The van der Waals surface area contributed by atoms with Gasteiger partial charge in [-0.3, -0.25) is 0 Å². The molecule has 52 heavy (non-hydrogen) atoms. The Bertz CT molecular complexity index is 1900. The van der Waals surface area contributed by atoms with Crippen LogP contribution in [0.25, 0.3) is 21.5 Å². The molecule has 4 aromatic carbocycles. The largest absolute Gasteiger partial charge is 0.335 e. The molecule has 0 saturated carbocycles. The van der Waals surface area contributed by atoms with Gasteiger partial charge in [-0.05, 0) is 128 Å². The van der Waals surface area contributed by atoms with Gasteiger partial charge in [-0.1, -0.05) is 72.8 Å². The molecule has 2 aliphatic heterocycles. The first-order valence-corrected chi connectivity index (χ1v) is 18.3. The van der Waals surface area contributed by atoms with Crippen molar-refractivity contribution in [1.82, 2.24) is 19.6 Å². The molecule has 4 aromatic rings. The van der Waals surface area contributed by atoms with Gasteiger partial charge in [0.1, 0.15) is 0 Å². The van der Waals surface area contributed by atoms with E-state index in [1.54, 1.807) is 0 Å². The summed E-state index contributed by atoms with van der Waals surface area (Å²) >= 11 is 0. The van der Waals surface area contributed by atoms with Crippen LogP contribution < -0.4 is 0 Å². The van der Waals surface area contributed by atoms with Gasteiger partial charge >= 0.3 is 0 Å². The summed E-state index contributed by atoms with van der Waals surface area (Å²) in [7, 11) is 0. The van der Waals surface area contributed by atoms with Gasteiger partial charge in [-0.15, -0.1) is 9.98 Å². The Labute approximate surface area is 311 Å². The molecule has 0 N–H and O–H groups in total. The van der Waals surface area contributed by atoms with Gasteiger partial charge in [0.2, 0.25) is 24.3 Å². The van der Waals surface area contributed by atoms with E-state index >= 15 is 0 Å². The minimum Gasteiger partial charge on any atom is -0.335 e. The highest BCUT2D eigenvalue weighted by atomic mass is 15.5. The average molecular weight is 697 g/mol. The Hall–Kier alpha value is -5.08. The maximum Gasteiger partial charge on any atom is 0.214 e. The van der Waals surface area contributed by atoms with E-state index in [0.29, 0.717) is 0 Å². The van der Waals surface area contributed by atoms with Crippen LogP contribution in [0.1, 0.15) is 106 Å². The highest BCUT2D eigenvalue weighted by Crippen LogP contribution is 2.41. The monoisotopic (exact) mass is 696 g/mol. The van der Waals surface area contributed by atoms with Crippen molar-refractivity contribution < 1.29 is 0 Å². The van der Waals surface area contributed by atoms with Crippen molar-refractivity contribution in [1.29, 1.82) is 10.5 Å². The molecule has 2 saturated heterocycles. The minimum atomic E-state index is -0.147. The van der Waals surface area contributed by atoms with Crippen LogP contribution >= 0.6 is 0 Å². The lowest BCUT2D eigenvalue weighted by molar-refractivity contribution is 0.198. The number of nitriles is 2. The summed E-state index contributed by atoms with van der Waals surface area (Å²) in [6.45, 7) is 27.7. The van der Waals surface area contributed by atoms with E-state index in [9.17, 15) is 10.5 Å². The zero-order valence-corrected chi connectivity index (χ0v) is 33.2. The number of benzene rings is 4. The number of guanidine groups is 2. The molecule has 0 radical (unpaired) electrons. The van der Waals surface area contributed by atoms with Gasteiger partial charge in [-0.2, -0.15) is 10.5 Å². The first-order valence-electron chi connectivity index (χ1n) is 18.3. The quantitative estimate of drug-likeness (QED) is 0.194. The van der Waals surface area contributed by atoms with E-state index in [-0.39, 0.29) is 34.2 Å². The van der Waals surface area contributed by atoms with Crippen LogP contribution in [-0.4, -0.2) is 66.8 Å². The lowest BCUT2D eigenvalue weighted by Crippen LogP contribution is -2.50. The molecule has 2 fully saturated rings. The second-order valence-corrected chi connectivity index (χ2v) is 17.9. The SMILES string of the molecule is CC(C)(C)N1C[C@@H](c2ccc3ccccc3c2)N(C(C)(C)C)C1=NC#N.CC(C)(C)N1C[C@@H](c2ccc3ccccc3c2)N(C(C)(C)C)C1=NC#N. The molecule has 0 amide bonds. The molecular weight excluding hydrogens is 641 g/mol. The number of nitrogens with zero attached hydrogens (tertiary/aromatic N) is 8. The molecule has 2 aliphatic rings. The van der Waals surface area contributed by atoms with E-state index < -0.39 is 0 Å². The highest BCUT2D eigenvalue weighted by Gasteiger charge is 2.47. The van der Waals surface area contributed by atoms with Gasteiger partial charge in [0.25, 0.3) is 0 Å². The smallest absolute Gasteiger partial charge is 0.214 e. The van der Waals surface area contributed by atoms with E-state index in [0.717, 1.165) is 25.0 Å². The van der Waals surface area contributed by atoms with Crippen molar-refractivity contribution >= 4 is 33.5 Å². The van der Waals surface area contributed by atoms with Gasteiger partial charge in [0, 0.05) is 35.2 Å². The summed E-state index contributed by atoms with van der Waals surface area (Å²) in [4.78, 5) is 17.6. The molecule has 0 bridgehead atoms. The van der Waals surface area contributed by atoms with Crippen molar-refractivity contribution in [3.05, 3.63) is 96.1 Å². The molecule has 8 nitrogen and oxygen atoms in total. The second kappa shape index (κ2) is 14.2. The van der Waals surface area contributed by atoms with Crippen LogP contribution in [0.4, 0.5) is 0 Å². The third-order valence-electron chi connectivity index (χ3n) is 9.93. The van der Waals surface area contributed by atoms with Crippen LogP contribution in [-0.2, 0) is 0 Å². The lowest BCUT2D eigenvalue weighted by Gasteiger charge is -2.39. The molecule has 8 heteroatoms. The lowest BCUT2D eigenvalue weighted by atomic mass is 9.97. The summed E-state index contributed by atoms with van der Waals surface area (Å²) in [6, 6.07) is 30.5. The Morgan fingerprint density at radius 2 is 0.808 bits per heavy atom. The standard InChI is InChI=1S/2C22H28N4/c2*1-21(2,3)25-14-19(26(22(4,5)6)20(25)24-15-23)18-12-11-16-9-7-8-10-17(16)13-18/h2*7-13,19H,14H2,1-6H3/t2*19-/m00/s1. The molecule has 2 atom stereocenters. The van der Waals surface area contributed by atoms with E-state index in [4.69, 9.17) is 0 Å². The molecule has 0 spiro atoms. The summed E-state index contributed by atoms with van der Waals surface area (Å²) in [5.41, 5.74) is 2.01. The fraction of sp³-hybridized carbons (Fsp3) is 0.455. The van der Waals surface area contributed by atoms with Crippen molar-refractivity contribution in [2.45, 2.75) is 117 Å². The summed E-state index contributed by atoms with van der Waals surface area (Å²) < 4.78 is 0. The first kappa shape index (κ1) is 38.2. The minimum absolute atomic E-state index is 0.106. The van der Waals surface area contributed by atoms with Crippen LogP contribution in [0.3, 0.4) is 0 Å². The van der Waals surface area contributed by atoms with Crippen molar-refractivity contribution in [3.8, 4) is 12.4 Å². The fourth-order valence-electron chi connectivity index (χ4n) is 7.55. The van der Waals surface area contributed by atoms with Crippen molar-refractivity contribution in [2.75, 3.05) is 13.1 Å². The number of fused-ring (bicyclic) bond motifs is 2. The third-order valence-corrected chi connectivity index (χ3v) is 9.93. The number of hydrogen-bond donors (Lipinski definition) is 0. The number of rotatable bonds is 2. The Morgan fingerprint density at radius 1 is 0.481 bits per heavy atom. The molecule has 0 aromatic heterocycles.